The Morgan fingerprint density at radius 2 is 2.00 bits per heavy atom. The summed E-state index contributed by atoms with van der Waals surface area (Å²) in [4.78, 5) is 22.7. The van der Waals surface area contributed by atoms with E-state index in [4.69, 9.17) is 9.47 Å². The van der Waals surface area contributed by atoms with Gasteiger partial charge in [0.1, 0.15) is 0 Å². The molecule has 0 aliphatic heterocycles. The molecular weight excluding hydrogens is 220 g/mol. The highest BCUT2D eigenvalue weighted by Crippen LogP contribution is 2.34. The number of hydrogen-bond donors (Lipinski definition) is 0. The van der Waals surface area contributed by atoms with Crippen molar-refractivity contribution in [2.45, 2.75) is 26.2 Å². The third kappa shape index (κ3) is 2.30. The van der Waals surface area contributed by atoms with E-state index in [-0.39, 0.29) is 5.78 Å². The van der Waals surface area contributed by atoms with Crippen molar-refractivity contribution in [1.82, 2.24) is 0 Å². The summed E-state index contributed by atoms with van der Waals surface area (Å²) in [6.45, 7) is 1.32. The van der Waals surface area contributed by atoms with Crippen LogP contribution in [-0.2, 0) is 11.2 Å². The summed E-state index contributed by atoms with van der Waals surface area (Å²) in [5, 5.41) is 0. The molecule has 0 saturated carbocycles. The second-order valence-corrected chi connectivity index (χ2v) is 4.03. The maximum atomic E-state index is 11.7. The Bertz CT molecular complexity index is 477. The fourth-order valence-corrected chi connectivity index (χ4v) is 2.04. The van der Waals surface area contributed by atoms with Gasteiger partial charge in [-0.05, 0) is 30.5 Å². The van der Waals surface area contributed by atoms with Gasteiger partial charge in [0.15, 0.2) is 17.3 Å². The quantitative estimate of drug-likeness (QED) is 0.581. The number of esters is 1. The van der Waals surface area contributed by atoms with E-state index in [0.29, 0.717) is 23.5 Å². The van der Waals surface area contributed by atoms with Gasteiger partial charge in [-0.2, -0.15) is 0 Å². The first-order valence-corrected chi connectivity index (χ1v) is 5.54. The summed E-state index contributed by atoms with van der Waals surface area (Å²) in [6, 6.07) is 3.39. The zero-order valence-electron chi connectivity index (χ0n) is 9.91. The van der Waals surface area contributed by atoms with Crippen LogP contribution in [0.3, 0.4) is 0 Å². The second-order valence-electron chi connectivity index (χ2n) is 4.03. The molecule has 17 heavy (non-hydrogen) atoms. The van der Waals surface area contributed by atoms with Crippen LogP contribution in [-0.4, -0.2) is 18.9 Å². The number of aryl methyl sites for hydroxylation is 1. The summed E-state index contributed by atoms with van der Waals surface area (Å²) >= 11 is 0. The van der Waals surface area contributed by atoms with E-state index in [2.05, 4.69) is 0 Å². The molecule has 1 aliphatic rings. The SMILES string of the molecule is COc1cc2c(cc1OC(C)=O)C(=O)CCC2. The number of fused-ring (bicyclic) bond motifs is 1. The maximum absolute atomic E-state index is 11.7. The predicted octanol–water partition coefficient (Wildman–Crippen LogP) is 2.14. The average Bonchev–Trinajstić information content (AvgIpc) is 2.29. The first kappa shape index (κ1) is 11.6. The highest BCUT2D eigenvalue weighted by molar-refractivity contribution is 5.99. The van der Waals surface area contributed by atoms with E-state index >= 15 is 0 Å². The Morgan fingerprint density at radius 3 is 2.65 bits per heavy atom. The third-order valence-electron chi connectivity index (χ3n) is 2.79. The molecule has 4 nitrogen and oxygen atoms in total. The van der Waals surface area contributed by atoms with Crippen molar-refractivity contribution in [3.05, 3.63) is 23.3 Å². The van der Waals surface area contributed by atoms with Crippen molar-refractivity contribution in [2.75, 3.05) is 7.11 Å². The van der Waals surface area contributed by atoms with Gasteiger partial charge in [0.2, 0.25) is 0 Å². The molecule has 0 heterocycles. The van der Waals surface area contributed by atoms with Crippen molar-refractivity contribution in [3.63, 3.8) is 0 Å². The van der Waals surface area contributed by atoms with Crippen LogP contribution >= 0.6 is 0 Å². The molecule has 2 rings (SSSR count). The van der Waals surface area contributed by atoms with E-state index in [0.717, 1.165) is 18.4 Å². The average molecular weight is 234 g/mol. The van der Waals surface area contributed by atoms with Gasteiger partial charge in [0, 0.05) is 18.9 Å². The zero-order chi connectivity index (χ0) is 12.4. The Balaban J connectivity index is 2.48. The van der Waals surface area contributed by atoms with Gasteiger partial charge in [-0.1, -0.05) is 0 Å². The molecule has 0 N–H and O–H groups in total. The van der Waals surface area contributed by atoms with Crippen LogP contribution in [0.4, 0.5) is 0 Å². The Kier molecular flexibility index (Phi) is 3.13. The summed E-state index contributed by atoms with van der Waals surface area (Å²) in [5.74, 6) is 0.483. The lowest BCUT2D eigenvalue weighted by Gasteiger charge is -2.17. The van der Waals surface area contributed by atoms with Gasteiger partial charge in [-0.15, -0.1) is 0 Å². The summed E-state index contributed by atoms with van der Waals surface area (Å²) < 4.78 is 10.2. The lowest BCUT2D eigenvalue weighted by atomic mass is 9.90. The highest BCUT2D eigenvalue weighted by Gasteiger charge is 2.21. The number of carbonyl (C=O) groups is 2. The molecule has 0 amide bonds. The number of carbonyl (C=O) groups excluding carboxylic acids is 2. The molecule has 1 aromatic rings. The monoisotopic (exact) mass is 234 g/mol. The number of benzene rings is 1. The number of ether oxygens (including phenoxy) is 2. The minimum absolute atomic E-state index is 0.0994. The molecule has 0 aromatic heterocycles. The molecule has 4 heteroatoms. The number of ketones is 1. The predicted molar refractivity (Wildman–Crippen MR) is 61.6 cm³/mol. The van der Waals surface area contributed by atoms with Crippen molar-refractivity contribution in [1.29, 1.82) is 0 Å². The molecule has 0 spiro atoms. The van der Waals surface area contributed by atoms with Gasteiger partial charge in [-0.3, -0.25) is 9.59 Å². The van der Waals surface area contributed by atoms with Gasteiger partial charge >= 0.3 is 5.97 Å². The normalized spacial score (nSPS) is 14.1. The van der Waals surface area contributed by atoms with Gasteiger partial charge in [0.25, 0.3) is 0 Å². The van der Waals surface area contributed by atoms with E-state index in [1.165, 1.54) is 14.0 Å². The summed E-state index contributed by atoms with van der Waals surface area (Å²) in [5.41, 5.74) is 1.61. The van der Waals surface area contributed by atoms with Crippen molar-refractivity contribution < 1.29 is 19.1 Å². The van der Waals surface area contributed by atoms with E-state index in [1.54, 1.807) is 12.1 Å². The third-order valence-corrected chi connectivity index (χ3v) is 2.79. The zero-order valence-corrected chi connectivity index (χ0v) is 9.91. The van der Waals surface area contributed by atoms with Crippen molar-refractivity contribution >= 4 is 11.8 Å². The summed E-state index contributed by atoms with van der Waals surface area (Å²) in [7, 11) is 1.51. The van der Waals surface area contributed by atoms with Crippen molar-refractivity contribution in [3.8, 4) is 11.5 Å². The van der Waals surface area contributed by atoms with Crippen LogP contribution < -0.4 is 9.47 Å². The minimum atomic E-state index is -0.425. The molecule has 0 bridgehead atoms. The number of methoxy groups -OCH3 is 1. The second kappa shape index (κ2) is 4.57. The molecule has 0 fully saturated rings. The molecule has 0 atom stereocenters. The summed E-state index contributed by atoms with van der Waals surface area (Å²) in [6.07, 6.45) is 2.28. The van der Waals surface area contributed by atoms with Gasteiger partial charge in [0.05, 0.1) is 7.11 Å². The van der Waals surface area contributed by atoms with Crippen LogP contribution in [0.1, 0.15) is 35.7 Å². The van der Waals surface area contributed by atoms with Crippen LogP contribution in [0.25, 0.3) is 0 Å². The fraction of sp³-hybridized carbons (Fsp3) is 0.385. The van der Waals surface area contributed by atoms with Gasteiger partial charge < -0.3 is 9.47 Å². The molecule has 0 radical (unpaired) electrons. The lowest BCUT2D eigenvalue weighted by molar-refractivity contribution is -0.132. The number of hydrogen-bond acceptors (Lipinski definition) is 4. The molecule has 90 valence electrons. The molecule has 0 unspecified atom stereocenters. The molecular formula is C13H14O4. The Labute approximate surface area is 99.5 Å². The van der Waals surface area contributed by atoms with Crippen LogP contribution in [0, 0.1) is 0 Å². The molecule has 0 saturated heterocycles. The maximum Gasteiger partial charge on any atom is 0.308 e. The van der Waals surface area contributed by atoms with E-state index < -0.39 is 5.97 Å². The topological polar surface area (TPSA) is 52.6 Å². The smallest absolute Gasteiger partial charge is 0.308 e. The van der Waals surface area contributed by atoms with Crippen molar-refractivity contribution in [2.24, 2.45) is 0 Å². The molecule has 1 aliphatic carbocycles. The standard InChI is InChI=1S/C13H14O4/c1-8(14)17-13-7-10-9(6-12(13)16-2)4-3-5-11(10)15/h6-7H,3-5H2,1-2H3. The number of Topliss-reactive ketones (excluding diaryl/α,β-unsaturated/α-hetero) is 1. The lowest BCUT2D eigenvalue weighted by Crippen LogP contribution is -2.12. The van der Waals surface area contributed by atoms with Crippen LogP contribution in [0.15, 0.2) is 12.1 Å². The van der Waals surface area contributed by atoms with Gasteiger partial charge in [-0.25, -0.2) is 0 Å². The van der Waals surface area contributed by atoms with Crippen LogP contribution in [0.5, 0.6) is 11.5 Å². The minimum Gasteiger partial charge on any atom is -0.493 e. The van der Waals surface area contributed by atoms with Crippen LogP contribution in [0.2, 0.25) is 0 Å². The highest BCUT2D eigenvalue weighted by atomic mass is 16.6. The first-order valence-electron chi connectivity index (χ1n) is 5.54. The fourth-order valence-electron chi connectivity index (χ4n) is 2.04. The van der Waals surface area contributed by atoms with E-state index in [9.17, 15) is 9.59 Å². The largest absolute Gasteiger partial charge is 0.493 e. The number of rotatable bonds is 2. The molecule has 1 aromatic carbocycles. The Morgan fingerprint density at radius 1 is 1.24 bits per heavy atom. The Hall–Kier alpha value is -1.84. The first-order chi connectivity index (χ1) is 8.11. The van der Waals surface area contributed by atoms with E-state index in [1.807, 2.05) is 0 Å².